The first-order valence-corrected chi connectivity index (χ1v) is 7.16. The standard InChI is InChI=1S/C14H27NO2/c1-2-3-12-4-6-14(16,7-5-12)13(10-15)8-9-17-11-13/h12,16H,2-11,15H2,1H3. The number of nitrogens with two attached hydrogens (primary N) is 1. The Balaban J connectivity index is 2.00. The molecule has 0 bridgehead atoms. The van der Waals surface area contributed by atoms with Crippen LogP contribution in [0.2, 0.25) is 0 Å². The maximum Gasteiger partial charge on any atom is 0.0739 e. The van der Waals surface area contributed by atoms with E-state index >= 15 is 0 Å². The van der Waals surface area contributed by atoms with Gasteiger partial charge in [-0.05, 0) is 38.0 Å². The first-order chi connectivity index (χ1) is 8.16. The molecule has 0 aromatic heterocycles. The van der Waals surface area contributed by atoms with Crippen LogP contribution >= 0.6 is 0 Å². The molecule has 1 unspecified atom stereocenters. The van der Waals surface area contributed by atoms with Gasteiger partial charge in [0.25, 0.3) is 0 Å². The van der Waals surface area contributed by atoms with Crippen molar-refractivity contribution < 1.29 is 9.84 Å². The number of aliphatic hydroxyl groups is 1. The van der Waals surface area contributed by atoms with Crippen LogP contribution in [-0.4, -0.2) is 30.5 Å². The summed E-state index contributed by atoms with van der Waals surface area (Å²) in [5.41, 5.74) is 5.21. The largest absolute Gasteiger partial charge is 0.389 e. The van der Waals surface area contributed by atoms with Crippen LogP contribution in [0.3, 0.4) is 0 Å². The van der Waals surface area contributed by atoms with Crippen LogP contribution < -0.4 is 5.73 Å². The lowest BCUT2D eigenvalue weighted by molar-refractivity contribution is -0.114. The predicted octanol–water partition coefficient (Wildman–Crippen LogP) is 2.07. The molecule has 0 spiro atoms. The fraction of sp³-hybridized carbons (Fsp3) is 1.00. The zero-order valence-corrected chi connectivity index (χ0v) is 11.1. The molecule has 0 aromatic rings. The van der Waals surface area contributed by atoms with Gasteiger partial charge in [-0.1, -0.05) is 19.8 Å². The van der Waals surface area contributed by atoms with E-state index in [2.05, 4.69) is 6.92 Å². The van der Waals surface area contributed by atoms with Crippen LogP contribution in [0.4, 0.5) is 0 Å². The summed E-state index contributed by atoms with van der Waals surface area (Å²) in [5.74, 6) is 0.817. The van der Waals surface area contributed by atoms with Crippen molar-refractivity contribution in [2.75, 3.05) is 19.8 Å². The summed E-state index contributed by atoms with van der Waals surface area (Å²) in [4.78, 5) is 0. The Hall–Kier alpha value is -0.120. The van der Waals surface area contributed by atoms with E-state index in [1.807, 2.05) is 0 Å². The summed E-state index contributed by atoms with van der Waals surface area (Å²) >= 11 is 0. The van der Waals surface area contributed by atoms with Gasteiger partial charge in [-0.15, -0.1) is 0 Å². The lowest BCUT2D eigenvalue weighted by atomic mass is 9.62. The third-order valence-corrected chi connectivity index (χ3v) is 5.11. The molecular weight excluding hydrogens is 214 g/mol. The molecule has 0 radical (unpaired) electrons. The maximum absolute atomic E-state index is 10.9. The highest BCUT2D eigenvalue weighted by Gasteiger charge is 2.52. The van der Waals surface area contributed by atoms with Crippen molar-refractivity contribution in [3.8, 4) is 0 Å². The molecule has 3 heteroatoms. The monoisotopic (exact) mass is 241 g/mol. The molecule has 100 valence electrons. The molecule has 0 amide bonds. The van der Waals surface area contributed by atoms with Crippen LogP contribution in [0.5, 0.6) is 0 Å². The summed E-state index contributed by atoms with van der Waals surface area (Å²) in [5, 5.41) is 10.9. The van der Waals surface area contributed by atoms with E-state index in [0.717, 1.165) is 44.6 Å². The highest BCUT2D eigenvalue weighted by Crippen LogP contribution is 2.48. The van der Waals surface area contributed by atoms with Gasteiger partial charge in [0.15, 0.2) is 0 Å². The summed E-state index contributed by atoms with van der Waals surface area (Å²) in [6.07, 6.45) is 7.64. The van der Waals surface area contributed by atoms with E-state index in [1.54, 1.807) is 0 Å². The van der Waals surface area contributed by atoms with Crippen LogP contribution in [0.1, 0.15) is 51.9 Å². The minimum atomic E-state index is -0.567. The fourth-order valence-corrected chi connectivity index (χ4v) is 3.71. The second-order valence-corrected chi connectivity index (χ2v) is 6.05. The van der Waals surface area contributed by atoms with E-state index in [9.17, 15) is 5.11 Å². The van der Waals surface area contributed by atoms with E-state index < -0.39 is 5.60 Å². The van der Waals surface area contributed by atoms with E-state index in [4.69, 9.17) is 10.5 Å². The number of rotatable bonds is 4. The normalized spacial score (nSPS) is 42.9. The molecule has 1 saturated heterocycles. The van der Waals surface area contributed by atoms with Crippen molar-refractivity contribution in [3.63, 3.8) is 0 Å². The molecule has 0 aromatic carbocycles. The molecule has 1 aliphatic carbocycles. The average molecular weight is 241 g/mol. The van der Waals surface area contributed by atoms with Gasteiger partial charge in [0.2, 0.25) is 0 Å². The van der Waals surface area contributed by atoms with Crippen LogP contribution in [0.25, 0.3) is 0 Å². The molecule has 1 heterocycles. The Bertz CT molecular complexity index is 241. The Morgan fingerprint density at radius 2 is 2.00 bits per heavy atom. The highest BCUT2D eigenvalue weighted by molar-refractivity contribution is 5.03. The van der Waals surface area contributed by atoms with Gasteiger partial charge in [-0.3, -0.25) is 0 Å². The van der Waals surface area contributed by atoms with Gasteiger partial charge in [0.1, 0.15) is 0 Å². The lowest BCUT2D eigenvalue weighted by Gasteiger charge is -2.47. The van der Waals surface area contributed by atoms with Crippen LogP contribution in [0, 0.1) is 11.3 Å². The van der Waals surface area contributed by atoms with Crippen LogP contribution in [0.15, 0.2) is 0 Å². The van der Waals surface area contributed by atoms with E-state index in [0.29, 0.717) is 13.2 Å². The second kappa shape index (κ2) is 5.25. The molecule has 17 heavy (non-hydrogen) atoms. The molecule has 1 atom stereocenters. The van der Waals surface area contributed by atoms with Gasteiger partial charge in [0.05, 0.1) is 12.2 Å². The quantitative estimate of drug-likeness (QED) is 0.792. The summed E-state index contributed by atoms with van der Waals surface area (Å²) in [6, 6.07) is 0. The number of hydrogen-bond acceptors (Lipinski definition) is 3. The molecule has 1 saturated carbocycles. The molecule has 2 fully saturated rings. The zero-order valence-electron chi connectivity index (χ0n) is 11.1. The first-order valence-electron chi connectivity index (χ1n) is 7.16. The highest BCUT2D eigenvalue weighted by atomic mass is 16.5. The van der Waals surface area contributed by atoms with Gasteiger partial charge >= 0.3 is 0 Å². The lowest BCUT2D eigenvalue weighted by Crippen LogP contribution is -2.55. The average Bonchev–Trinajstić information content (AvgIpc) is 2.83. The molecule has 2 aliphatic rings. The van der Waals surface area contributed by atoms with Crippen molar-refractivity contribution in [2.24, 2.45) is 17.1 Å². The minimum absolute atomic E-state index is 0.163. The van der Waals surface area contributed by atoms with Crippen molar-refractivity contribution in [2.45, 2.75) is 57.5 Å². The van der Waals surface area contributed by atoms with Gasteiger partial charge in [-0.25, -0.2) is 0 Å². The minimum Gasteiger partial charge on any atom is -0.389 e. The zero-order chi connectivity index (χ0) is 12.4. The van der Waals surface area contributed by atoms with Gasteiger partial charge in [-0.2, -0.15) is 0 Å². The number of ether oxygens (including phenoxy) is 1. The van der Waals surface area contributed by atoms with Crippen LogP contribution in [-0.2, 0) is 4.74 Å². The summed E-state index contributed by atoms with van der Waals surface area (Å²) in [7, 11) is 0. The van der Waals surface area contributed by atoms with Crippen molar-refractivity contribution in [1.29, 1.82) is 0 Å². The third kappa shape index (κ3) is 2.38. The Kier molecular flexibility index (Phi) is 4.11. The molecule has 3 nitrogen and oxygen atoms in total. The molecular formula is C14H27NO2. The smallest absolute Gasteiger partial charge is 0.0739 e. The third-order valence-electron chi connectivity index (χ3n) is 5.11. The maximum atomic E-state index is 10.9. The molecule has 2 rings (SSSR count). The Labute approximate surface area is 105 Å². The van der Waals surface area contributed by atoms with E-state index in [1.165, 1.54) is 12.8 Å². The van der Waals surface area contributed by atoms with E-state index in [-0.39, 0.29) is 5.41 Å². The van der Waals surface area contributed by atoms with Crippen molar-refractivity contribution in [3.05, 3.63) is 0 Å². The van der Waals surface area contributed by atoms with Gasteiger partial charge in [0, 0.05) is 18.6 Å². The molecule has 3 N–H and O–H groups in total. The van der Waals surface area contributed by atoms with Crippen molar-refractivity contribution >= 4 is 0 Å². The topological polar surface area (TPSA) is 55.5 Å². The fourth-order valence-electron chi connectivity index (χ4n) is 3.71. The number of hydrogen-bond donors (Lipinski definition) is 2. The summed E-state index contributed by atoms with van der Waals surface area (Å²) in [6.45, 7) is 4.21. The second-order valence-electron chi connectivity index (χ2n) is 6.05. The first kappa shape index (κ1) is 13.3. The summed E-state index contributed by atoms with van der Waals surface area (Å²) < 4.78 is 5.50. The Morgan fingerprint density at radius 1 is 1.29 bits per heavy atom. The molecule has 1 aliphatic heterocycles. The van der Waals surface area contributed by atoms with Crippen molar-refractivity contribution in [1.82, 2.24) is 0 Å². The van der Waals surface area contributed by atoms with Gasteiger partial charge < -0.3 is 15.6 Å². The SMILES string of the molecule is CCCC1CCC(O)(C2(CN)CCOC2)CC1. The predicted molar refractivity (Wildman–Crippen MR) is 68.7 cm³/mol. The Morgan fingerprint density at radius 3 is 2.47 bits per heavy atom.